The predicted molar refractivity (Wildman–Crippen MR) is 115 cm³/mol. The van der Waals surface area contributed by atoms with Crippen molar-refractivity contribution < 1.29 is 14.7 Å². The highest BCUT2D eigenvalue weighted by Gasteiger charge is 2.17. The van der Waals surface area contributed by atoms with Crippen molar-refractivity contribution >= 4 is 21.8 Å². The van der Waals surface area contributed by atoms with Gasteiger partial charge in [0.25, 0.3) is 0 Å². The number of para-hydroxylation sites is 1. The standard InChI is InChI=1S/C23H24N4O3/c1-29-21-12-17-19(13-22(21)30-11-10-26-8-4-5-9-26)24-15-25-23(17)18-14-27(28)20-7-3-2-6-16(18)20/h2-3,6-7,12-15,28H,4-5,8-11H2,1H3. The molecule has 4 aromatic rings. The Bertz CT molecular complexity index is 1200. The third-order valence-corrected chi connectivity index (χ3v) is 5.73. The Labute approximate surface area is 174 Å². The highest BCUT2D eigenvalue weighted by molar-refractivity contribution is 6.03. The van der Waals surface area contributed by atoms with Gasteiger partial charge in [-0.1, -0.05) is 18.2 Å². The Morgan fingerprint density at radius 3 is 2.70 bits per heavy atom. The van der Waals surface area contributed by atoms with E-state index in [1.54, 1.807) is 19.6 Å². The fourth-order valence-electron chi connectivity index (χ4n) is 4.19. The van der Waals surface area contributed by atoms with Gasteiger partial charge in [0.15, 0.2) is 11.5 Å². The molecule has 2 aromatic carbocycles. The molecule has 1 saturated heterocycles. The molecule has 154 valence electrons. The molecule has 1 aliphatic rings. The van der Waals surface area contributed by atoms with E-state index in [2.05, 4.69) is 14.9 Å². The van der Waals surface area contributed by atoms with E-state index < -0.39 is 0 Å². The number of hydrogen-bond donors (Lipinski definition) is 1. The van der Waals surface area contributed by atoms with E-state index in [9.17, 15) is 5.21 Å². The number of nitrogens with zero attached hydrogens (tertiary/aromatic N) is 4. The molecule has 5 rings (SSSR count). The predicted octanol–water partition coefficient (Wildman–Crippen LogP) is 3.97. The lowest BCUT2D eigenvalue weighted by molar-refractivity contribution is 0.200. The number of fused-ring (bicyclic) bond motifs is 2. The number of benzene rings is 2. The monoisotopic (exact) mass is 404 g/mol. The van der Waals surface area contributed by atoms with Gasteiger partial charge >= 0.3 is 0 Å². The van der Waals surface area contributed by atoms with Crippen LogP contribution >= 0.6 is 0 Å². The third kappa shape index (κ3) is 3.31. The lowest BCUT2D eigenvalue weighted by Crippen LogP contribution is -2.25. The highest BCUT2D eigenvalue weighted by Crippen LogP contribution is 2.37. The zero-order valence-electron chi connectivity index (χ0n) is 16.9. The van der Waals surface area contributed by atoms with Crippen molar-refractivity contribution in [2.45, 2.75) is 12.8 Å². The van der Waals surface area contributed by atoms with Gasteiger partial charge in [-0.05, 0) is 38.1 Å². The molecule has 0 radical (unpaired) electrons. The van der Waals surface area contributed by atoms with Gasteiger partial charge in [-0.2, -0.15) is 4.73 Å². The third-order valence-electron chi connectivity index (χ3n) is 5.73. The molecule has 2 aromatic heterocycles. The van der Waals surface area contributed by atoms with Crippen LogP contribution in [0.25, 0.3) is 33.1 Å². The molecule has 0 unspecified atom stereocenters. The summed E-state index contributed by atoms with van der Waals surface area (Å²) in [4.78, 5) is 11.4. The largest absolute Gasteiger partial charge is 0.493 e. The Hall–Kier alpha value is -3.32. The lowest BCUT2D eigenvalue weighted by Gasteiger charge is -2.17. The van der Waals surface area contributed by atoms with Crippen LogP contribution in [0.5, 0.6) is 11.5 Å². The smallest absolute Gasteiger partial charge is 0.163 e. The molecule has 0 bridgehead atoms. The maximum Gasteiger partial charge on any atom is 0.163 e. The van der Waals surface area contributed by atoms with Crippen LogP contribution in [-0.2, 0) is 0 Å². The second-order valence-electron chi connectivity index (χ2n) is 7.54. The van der Waals surface area contributed by atoms with Crippen LogP contribution in [0.1, 0.15) is 12.8 Å². The quantitative estimate of drug-likeness (QED) is 0.490. The molecule has 0 saturated carbocycles. The van der Waals surface area contributed by atoms with E-state index in [-0.39, 0.29) is 0 Å². The van der Waals surface area contributed by atoms with Crippen LogP contribution in [0.15, 0.2) is 48.9 Å². The van der Waals surface area contributed by atoms with E-state index >= 15 is 0 Å². The van der Waals surface area contributed by atoms with Gasteiger partial charge in [-0.15, -0.1) is 0 Å². The van der Waals surface area contributed by atoms with Crippen molar-refractivity contribution in [3.63, 3.8) is 0 Å². The van der Waals surface area contributed by atoms with Crippen LogP contribution in [0.3, 0.4) is 0 Å². The number of ether oxygens (including phenoxy) is 2. The summed E-state index contributed by atoms with van der Waals surface area (Å²) in [5.74, 6) is 1.33. The molecule has 0 atom stereocenters. The second-order valence-corrected chi connectivity index (χ2v) is 7.54. The summed E-state index contributed by atoms with van der Waals surface area (Å²) in [5.41, 5.74) is 3.08. The summed E-state index contributed by atoms with van der Waals surface area (Å²) in [6, 6.07) is 11.5. The molecule has 1 N–H and O–H groups in total. The minimum Gasteiger partial charge on any atom is -0.493 e. The van der Waals surface area contributed by atoms with Gasteiger partial charge in [-0.25, -0.2) is 9.97 Å². The van der Waals surface area contributed by atoms with E-state index in [4.69, 9.17) is 9.47 Å². The Balaban J connectivity index is 1.53. The fraction of sp³-hybridized carbons (Fsp3) is 0.304. The van der Waals surface area contributed by atoms with Crippen molar-refractivity contribution in [1.29, 1.82) is 0 Å². The van der Waals surface area contributed by atoms with E-state index in [0.29, 0.717) is 18.1 Å². The summed E-state index contributed by atoms with van der Waals surface area (Å²) < 4.78 is 12.8. The van der Waals surface area contributed by atoms with E-state index in [1.807, 2.05) is 36.4 Å². The van der Waals surface area contributed by atoms with Crippen molar-refractivity contribution in [2.75, 3.05) is 33.4 Å². The normalized spacial score (nSPS) is 14.6. The molecule has 1 fully saturated rings. The first-order valence-corrected chi connectivity index (χ1v) is 10.2. The van der Waals surface area contributed by atoms with Crippen molar-refractivity contribution in [1.82, 2.24) is 19.6 Å². The maximum absolute atomic E-state index is 10.3. The van der Waals surface area contributed by atoms with Gasteiger partial charge in [-0.3, -0.25) is 4.90 Å². The van der Waals surface area contributed by atoms with Gasteiger partial charge in [0.05, 0.1) is 30.0 Å². The van der Waals surface area contributed by atoms with Gasteiger partial charge < -0.3 is 14.7 Å². The maximum atomic E-state index is 10.3. The summed E-state index contributed by atoms with van der Waals surface area (Å²) in [5, 5.41) is 12.0. The summed E-state index contributed by atoms with van der Waals surface area (Å²) in [6.07, 6.45) is 5.76. The van der Waals surface area contributed by atoms with E-state index in [1.165, 1.54) is 12.8 Å². The second kappa shape index (κ2) is 7.84. The first-order chi connectivity index (χ1) is 14.7. The highest BCUT2D eigenvalue weighted by atomic mass is 16.5. The number of methoxy groups -OCH3 is 1. The van der Waals surface area contributed by atoms with E-state index in [0.717, 1.165) is 57.4 Å². The molecular formula is C23H24N4O3. The minimum atomic E-state index is 0.609. The minimum absolute atomic E-state index is 0.609. The fourth-order valence-corrected chi connectivity index (χ4v) is 4.19. The van der Waals surface area contributed by atoms with Crippen LogP contribution in [0.2, 0.25) is 0 Å². The average Bonchev–Trinajstić information content (AvgIpc) is 3.41. The van der Waals surface area contributed by atoms with Gasteiger partial charge in [0, 0.05) is 28.9 Å². The summed E-state index contributed by atoms with van der Waals surface area (Å²) in [6.45, 7) is 3.81. The molecule has 0 spiro atoms. The Kier molecular flexibility index (Phi) is 4.88. The Morgan fingerprint density at radius 2 is 1.87 bits per heavy atom. The number of hydrogen-bond acceptors (Lipinski definition) is 6. The Morgan fingerprint density at radius 1 is 1.03 bits per heavy atom. The zero-order valence-corrected chi connectivity index (χ0v) is 16.9. The number of likely N-dealkylation sites (tertiary alicyclic amines) is 1. The molecule has 0 aliphatic carbocycles. The average molecular weight is 404 g/mol. The SMILES string of the molecule is COc1cc2c(-c3cn(O)c4ccccc34)ncnc2cc1OCCN1CCCC1. The van der Waals surface area contributed by atoms with Crippen LogP contribution < -0.4 is 9.47 Å². The lowest BCUT2D eigenvalue weighted by atomic mass is 10.1. The number of aromatic nitrogens is 3. The van der Waals surface area contributed by atoms with Crippen LogP contribution in [-0.4, -0.2) is 58.2 Å². The van der Waals surface area contributed by atoms with Crippen molar-refractivity contribution in [3.05, 3.63) is 48.9 Å². The van der Waals surface area contributed by atoms with Gasteiger partial charge in [0.2, 0.25) is 0 Å². The van der Waals surface area contributed by atoms with Crippen LogP contribution in [0.4, 0.5) is 0 Å². The molecule has 0 amide bonds. The summed E-state index contributed by atoms with van der Waals surface area (Å²) in [7, 11) is 1.64. The molecule has 7 nitrogen and oxygen atoms in total. The first kappa shape index (κ1) is 18.7. The molecule has 7 heteroatoms. The van der Waals surface area contributed by atoms with Crippen molar-refractivity contribution in [2.24, 2.45) is 0 Å². The first-order valence-electron chi connectivity index (χ1n) is 10.2. The van der Waals surface area contributed by atoms with Crippen molar-refractivity contribution in [3.8, 4) is 22.8 Å². The molecular weight excluding hydrogens is 380 g/mol. The topological polar surface area (TPSA) is 72.6 Å². The zero-order chi connectivity index (χ0) is 20.5. The molecule has 30 heavy (non-hydrogen) atoms. The summed E-state index contributed by atoms with van der Waals surface area (Å²) >= 11 is 0. The molecule has 3 heterocycles. The molecule has 1 aliphatic heterocycles. The van der Waals surface area contributed by atoms with Gasteiger partial charge in [0.1, 0.15) is 12.9 Å². The number of rotatable bonds is 6. The van der Waals surface area contributed by atoms with Crippen LogP contribution in [0, 0.1) is 0 Å².